The van der Waals surface area contributed by atoms with Crippen LogP contribution in [-0.4, -0.2) is 47.1 Å². The smallest absolute Gasteiger partial charge is 0.245 e. The number of nitrogens with one attached hydrogen (secondary N) is 1. The summed E-state index contributed by atoms with van der Waals surface area (Å²) in [6.45, 7) is 5.03. The summed E-state index contributed by atoms with van der Waals surface area (Å²) < 4.78 is 26.6. The van der Waals surface area contributed by atoms with Gasteiger partial charge in [-0.15, -0.1) is 0 Å². The van der Waals surface area contributed by atoms with Crippen LogP contribution in [0.25, 0.3) is 10.9 Å². The Morgan fingerprint density at radius 1 is 1.20 bits per heavy atom. The number of carbonyl (C=O) groups excluding carboxylic acids is 1. The van der Waals surface area contributed by atoms with Gasteiger partial charge in [0.25, 0.3) is 0 Å². The number of hydrogen-bond acceptors (Lipinski definition) is 6. The monoisotopic (exact) mass is 516 g/mol. The molecule has 1 aliphatic heterocycles. The fraction of sp³-hybridized carbons (Fsp3) is 0.320. The highest BCUT2D eigenvalue weighted by Gasteiger charge is 2.43. The maximum atomic E-state index is 14.6. The maximum Gasteiger partial charge on any atom is 0.245 e. The van der Waals surface area contributed by atoms with Crippen LogP contribution in [0.15, 0.2) is 43.2 Å². The molecule has 7 nitrogen and oxygen atoms in total. The van der Waals surface area contributed by atoms with Gasteiger partial charge in [-0.05, 0) is 49.0 Å². The van der Waals surface area contributed by atoms with Gasteiger partial charge in [-0.1, -0.05) is 29.8 Å². The van der Waals surface area contributed by atoms with Crippen LogP contribution in [0.2, 0.25) is 10.0 Å². The number of aromatic nitrogens is 2. The zero-order valence-corrected chi connectivity index (χ0v) is 20.4. The van der Waals surface area contributed by atoms with Crippen LogP contribution >= 0.6 is 23.2 Å². The molecule has 10 heteroatoms. The summed E-state index contributed by atoms with van der Waals surface area (Å²) in [6, 6.07) is 6.57. The maximum absolute atomic E-state index is 14.6. The average Bonchev–Trinajstić information content (AvgIpc) is 3.42. The number of fused-ring (bicyclic) bond motifs is 2. The third-order valence-corrected chi connectivity index (χ3v) is 7.48. The van der Waals surface area contributed by atoms with Crippen molar-refractivity contribution in [1.29, 1.82) is 0 Å². The lowest BCUT2D eigenvalue weighted by Crippen LogP contribution is -2.29. The van der Waals surface area contributed by atoms with Crippen LogP contribution < -0.4 is 14.8 Å². The number of benzene rings is 2. The number of ether oxygens (including phenoxy) is 2. The Kier molecular flexibility index (Phi) is 6.42. The highest BCUT2D eigenvalue weighted by atomic mass is 35.5. The summed E-state index contributed by atoms with van der Waals surface area (Å²) in [5.41, 5.74) is 0.744. The minimum absolute atomic E-state index is 0.00844. The SMILES string of the molecule is C=CC(=O)N1CC2CC(Oc3cc4c(Nc5ccc(Cl)c(Cl)c5F)ncnc4cc3OC)CC2C1. The second kappa shape index (κ2) is 9.51. The van der Waals surface area contributed by atoms with Crippen molar-refractivity contribution < 1.29 is 18.7 Å². The normalized spacial score (nSPS) is 21.1. The highest BCUT2D eigenvalue weighted by molar-refractivity contribution is 6.42. The second-order valence-corrected chi connectivity index (χ2v) is 9.55. The van der Waals surface area contributed by atoms with E-state index >= 15 is 0 Å². The fourth-order valence-electron chi connectivity index (χ4n) is 4.99. The minimum Gasteiger partial charge on any atom is -0.493 e. The van der Waals surface area contributed by atoms with E-state index in [2.05, 4.69) is 21.9 Å². The number of nitrogens with zero attached hydrogens (tertiary/aromatic N) is 3. The summed E-state index contributed by atoms with van der Waals surface area (Å²) in [6.07, 6.45) is 4.43. The average molecular weight is 517 g/mol. The lowest BCUT2D eigenvalue weighted by Gasteiger charge is -2.20. The molecule has 1 aliphatic carbocycles. The molecule has 1 amide bonds. The van der Waals surface area contributed by atoms with Gasteiger partial charge < -0.3 is 19.7 Å². The van der Waals surface area contributed by atoms with E-state index in [0.717, 1.165) is 25.9 Å². The first-order valence-electron chi connectivity index (χ1n) is 11.2. The summed E-state index contributed by atoms with van der Waals surface area (Å²) in [4.78, 5) is 22.4. The van der Waals surface area contributed by atoms with Gasteiger partial charge in [0.05, 0.1) is 34.5 Å². The first-order chi connectivity index (χ1) is 16.9. The summed E-state index contributed by atoms with van der Waals surface area (Å²) in [7, 11) is 1.57. The van der Waals surface area contributed by atoms with Crippen molar-refractivity contribution in [3.63, 3.8) is 0 Å². The molecule has 1 saturated heterocycles. The van der Waals surface area contributed by atoms with E-state index in [9.17, 15) is 9.18 Å². The molecule has 0 spiro atoms. The van der Waals surface area contributed by atoms with Gasteiger partial charge in [0.2, 0.25) is 5.91 Å². The van der Waals surface area contributed by atoms with Crippen LogP contribution in [0, 0.1) is 17.7 Å². The molecule has 2 atom stereocenters. The molecule has 2 fully saturated rings. The molecule has 5 rings (SSSR count). The number of rotatable bonds is 6. The first-order valence-corrected chi connectivity index (χ1v) is 11.9. The van der Waals surface area contributed by atoms with Gasteiger partial charge in [-0.3, -0.25) is 4.79 Å². The van der Waals surface area contributed by atoms with E-state index in [0.29, 0.717) is 40.1 Å². The van der Waals surface area contributed by atoms with E-state index in [1.54, 1.807) is 19.2 Å². The molecule has 2 unspecified atom stereocenters. The summed E-state index contributed by atoms with van der Waals surface area (Å²) >= 11 is 11.9. The van der Waals surface area contributed by atoms with Gasteiger partial charge in [0.1, 0.15) is 12.1 Å². The van der Waals surface area contributed by atoms with E-state index < -0.39 is 5.82 Å². The summed E-state index contributed by atoms with van der Waals surface area (Å²) in [5.74, 6) is 1.59. The molecule has 1 saturated carbocycles. The largest absolute Gasteiger partial charge is 0.493 e. The van der Waals surface area contributed by atoms with Crippen LogP contribution in [0.5, 0.6) is 11.5 Å². The van der Waals surface area contributed by atoms with E-state index in [1.807, 2.05) is 4.90 Å². The number of halogens is 3. The molecule has 1 aromatic heterocycles. The third-order valence-electron chi connectivity index (χ3n) is 6.70. The molecule has 35 heavy (non-hydrogen) atoms. The molecule has 2 heterocycles. The second-order valence-electron chi connectivity index (χ2n) is 8.77. The lowest BCUT2D eigenvalue weighted by molar-refractivity contribution is -0.125. The van der Waals surface area contributed by atoms with Crippen molar-refractivity contribution in [2.24, 2.45) is 11.8 Å². The molecular weight excluding hydrogens is 494 g/mol. The Hall–Kier alpha value is -3.10. The lowest BCUT2D eigenvalue weighted by atomic mass is 10.0. The first kappa shape index (κ1) is 23.6. The van der Waals surface area contributed by atoms with Crippen LogP contribution in [0.4, 0.5) is 15.9 Å². The van der Waals surface area contributed by atoms with E-state index in [1.165, 1.54) is 24.5 Å². The van der Waals surface area contributed by atoms with Gasteiger partial charge in [0, 0.05) is 24.5 Å². The van der Waals surface area contributed by atoms with E-state index in [4.69, 9.17) is 32.7 Å². The number of methoxy groups -OCH3 is 1. The van der Waals surface area contributed by atoms with E-state index in [-0.39, 0.29) is 27.7 Å². The number of anilines is 2. The predicted molar refractivity (Wildman–Crippen MR) is 133 cm³/mol. The molecule has 2 aliphatic rings. The molecule has 1 N–H and O–H groups in total. The molecule has 0 radical (unpaired) electrons. The van der Waals surface area contributed by atoms with Crippen molar-refractivity contribution in [1.82, 2.24) is 14.9 Å². The van der Waals surface area contributed by atoms with Crippen LogP contribution in [-0.2, 0) is 4.79 Å². The molecule has 3 aromatic rings. The Balaban J connectivity index is 1.40. The zero-order chi connectivity index (χ0) is 24.7. The molecule has 2 aromatic carbocycles. The molecule has 182 valence electrons. The Morgan fingerprint density at radius 3 is 2.63 bits per heavy atom. The molecular formula is C25H23Cl2FN4O3. The molecule has 0 bridgehead atoms. The fourth-order valence-corrected chi connectivity index (χ4v) is 5.31. The summed E-state index contributed by atoms with van der Waals surface area (Å²) in [5, 5.41) is 3.58. The Morgan fingerprint density at radius 2 is 1.94 bits per heavy atom. The van der Waals surface area contributed by atoms with Gasteiger partial charge >= 0.3 is 0 Å². The number of amides is 1. The van der Waals surface area contributed by atoms with Crippen molar-refractivity contribution in [2.75, 3.05) is 25.5 Å². The van der Waals surface area contributed by atoms with Crippen molar-refractivity contribution in [3.8, 4) is 11.5 Å². The van der Waals surface area contributed by atoms with Crippen molar-refractivity contribution in [3.05, 3.63) is 59.1 Å². The predicted octanol–water partition coefficient (Wildman–Crippen LogP) is 5.63. The Bertz CT molecular complexity index is 1310. The van der Waals surface area contributed by atoms with Crippen LogP contribution in [0.1, 0.15) is 12.8 Å². The van der Waals surface area contributed by atoms with Crippen LogP contribution in [0.3, 0.4) is 0 Å². The quantitative estimate of drug-likeness (QED) is 0.338. The Labute approximate surface area is 211 Å². The standard InChI is InChI=1S/C25H23Cl2FN4O3/c1-3-22(33)32-10-13-6-15(7-14(13)11-32)35-21-8-16-19(9-20(21)34-2)29-12-30-25(16)31-18-5-4-17(26)23(27)24(18)28/h3-5,8-9,12-15H,1,6-7,10-11H2,2H3,(H,29,30,31). The van der Waals surface area contributed by atoms with Gasteiger partial charge in [-0.25, -0.2) is 14.4 Å². The minimum atomic E-state index is -0.669. The van der Waals surface area contributed by atoms with Gasteiger partial charge in [-0.2, -0.15) is 0 Å². The third kappa shape index (κ3) is 4.48. The number of likely N-dealkylation sites (tertiary alicyclic amines) is 1. The van der Waals surface area contributed by atoms with Crippen molar-refractivity contribution >= 4 is 51.5 Å². The van der Waals surface area contributed by atoms with Gasteiger partial charge in [0.15, 0.2) is 17.3 Å². The number of carbonyl (C=O) groups is 1. The van der Waals surface area contributed by atoms with Crippen molar-refractivity contribution in [2.45, 2.75) is 18.9 Å². The number of hydrogen-bond donors (Lipinski definition) is 1. The zero-order valence-electron chi connectivity index (χ0n) is 18.9. The topological polar surface area (TPSA) is 76.6 Å². The highest BCUT2D eigenvalue weighted by Crippen LogP contribution is 2.42.